The number of nitrogens with one attached hydrogen (secondary N) is 1. The second-order valence-corrected chi connectivity index (χ2v) is 4.49. The van der Waals surface area contributed by atoms with E-state index in [2.05, 4.69) is 19.2 Å². The van der Waals surface area contributed by atoms with Gasteiger partial charge in [-0.05, 0) is 18.5 Å². The molecule has 2 aromatic rings. The van der Waals surface area contributed by atoms with E-state index in [9.17, 15) is 4.39 Å². The summed E-state index contributed by atoms with van der Waals surface area (Å²) in [4.78, 5) is 0. The van der Waals surface area contributed by atoms with Gasteiger partial charge in [0.15, 0.2) is 11.4 Å². The van der Waals surface area contributed by atoms with Crippen LogP contribution in [0.5, 0.6) is 0 Å². The fourth-order valence-electron chi connectivity index (χ4n) is 2.16. The molecule has 1 heterocycles. The lowest BCUT2D eigenvalue weighted by molar-refractivity contribution is 0.492. The Kier molecular flexibility index (Phi) is 3.48. The monoisotopic (exact) mass is 235 g/mol. The molecule has 0 saturated heterocycles. The molecule has 0 amide bonds. The molecule has 0 spiro atoms. The van der Waals surface area contributed by atoms with Gasteiger partial charge in [-0.1, -0.05) is 32.9 Å². The van der Waals surface area contributed by atoms with E-state index in [-0.39, 0.29) is 5.82 Å². The van der Waals surface area contributed by atoms with Crippen LogP contribution in [0.25, 0.3) is 11.0 Å². The minimum Gasteiger partial charge on any atom is -0.456 e. The highest BCUT2D eigenvalue weighted by atomic mass is 19.1. The Morgan fingerprint density at radius 1 is 1.35 bits per heavy atom. The number of furan rings is 1. The first-order chi connectivity index (χ1) is 8.15. The third-order valence-electron chi connectivity index (χ3n) is 2.90. The average Bonchev–Trinajstić information content (AvgIpc) is 2.66. The van der Waals surface area contributed by atoms with Gasteiger partial charge in [-0.15, -0.1) is 0 Å². The Morgan fingerprint density at radius 2 is 2.12 bits per heavy atom. The molecule has 0 aliphatic carbocycles. The van der Waals surface area contributed by atoms with E-state index in [1.54, 1.807) is 6.07 Å². The molecule has 2 nitrogen and oxygen atoms in total. The fraction of sp³-hybridized carbons (Fsp3) is 0.429. The zero-order valence-corrected chi connectivity index (χ0v) is 10.5. The molecule has 2 rings (SSSR count). The van der Waals surface area contributed by atoms with Crippen LogP contribution in [0.1, 0.15) is 38.0 Å². The Morgan fingerprint density at radius 3 is 2.76 bits per heavy atom. The van der Waals surface area contributed by atoms with Gasteiger partial charge in [-0.3, -0.25) is 0 Å². The lowest BCUT2D eigenvalue weighted by Crippen LogP contribution is -2.12. The summed E-state index contributed by atoms with van der Waals surface area (Å²) < 4.78 is 19.3. The van der Waals surface area contributed by atoms with Crippen LogP contribution in [0.4, 0.5) is 4.39 Å². The lowest BCUT2D eigenvalue weighted by atomic mass is 9.99. The number of benzene rings is 1. The van der Waals surface area contributed by atoms with Crippen molar-refractivity contribution in [2.75, 3.05) is 6.54 Å². The smallest absolute Gasteiger partial charge is 0.170 e. The molecule has 1 aromatic carbocycles. The summed E-state index contributed by atoms with van der Waals surface area (Å²) in [5.41, 5.74) is 1.49. The SMILES string of the molecule is CCNCc1oc2c(F)cccc2c1C(C)C. The van der Waals surface area contributed by atoms with Crippen molar-refractivity contribution in [1.29, 1.82) is 0 Å². The Labute approximate surface area is 101 Å². The van der Waals surface area contributed by atoms with Gasteiger partial charge in [0, 0.05) is 10.9 Å². The van der Waals surface area contributed by atoms with Crippen LogP contribution < -0.4 is 5.32 Å². The molecule has 92 valence electrons. The molecule has 17 heavy (non-hydrogen) atoms. The van der Waals surface area contributed by atoms with Gasteiger partial charge in [0.25, 0.3) is 0 Å². The van der Waals surface area contributed by atoms with Gasteiger partial charge >= 0.3 is 0 Å². The molecule has 0 aliphatic rings. The summed E-state index contributed by atoms with van der Waals surface area (Å²) in [6.07, 6.45) is 0. The van der Waals surface area contributed by atoms with Gasteiger partial charge < -0.3 is 9.73 Å². The quantitative estimate of drug-likeness (QED) is 0.871. The Bertz CT molecular complexity index is 516. The van der Waals surface area contributed by atoms with Crippen molar-refractivity contribution in [1.82, 2.24) is 5.32 Å². The van der Waals surface area contributed by atoms with Crippen LogP contribution >= 0.6 is 0 Å². The molecule has 0 atom stereocenters. The summed E-state index contributed by atoms with van der Waals surface area (Å²) in [6, 6.07) is 5.09. The fourth-order valence-corrected chi connectivity index (χ4v) is 2.16. The zero-order valence-electron chi connectivity index (χ0n) is 10.5. The van der Waals surface area contributed by atoms with Crippen molar-refractivity contribution in [3.05, 3.63) is 35.3 Å². The van der Waals surface area contributed by atoms with Crippen molar-refractivity contribution in [2.24, 2.45) is 0 Å². The van der Waals surface area contributed by atoms with Crippen molar-refractivity contribution >= 4 is 11.0 Å². The maximum atomic E-state index is 13.7. The maximum Gasteiger partial charge on any atom is 0.170 e. The Hall–Kier alpha value is -1.35. The van der Waals surface area contributed by atoms with Gasteiger partial charge in [-0.2, -0.15) is 0 Å². The molecule has 1 aromatic heterocycles. The first-order valence-corrected chi connectivity index (χ1v) is 6.05. The standard InChI is InChI=1S/C14H18FNO/c1-4-16-8-12-13(9(2)3)10-6-5-7-11(15)14(10)17-12/h5-7,9,16H,4,8H2,1-3H3. The van der Waals surface area contributed by atoms with Crippen molar-refractivity contribution in [2.45, 2.75) is 33.2 Å². The topological polar surface area (TPSA) is 25.2 Å². The van der Waals surface area contributed by atoms with Gasteiger partial charge in [0.05, 0.1) is 6.54 Å². The first-order valence-electron chi connectivity index (χ1n) is 6.05. The third-order valence-corrected chi connectivity index (χ3v) is 2.90. The molecule has 0 bridgehead atoms. The zero-order chi connectivity index (χ0) is 12.4. The van der Waals surface area contributed by atoms with Crippen LogP contribution in [0.2, 0.25) is 0 Å². The van der Waals surface area contributed by atoms with E-state index < -0.39 is 0 Å². The van der Waals surface area contributed by atoms with E-state index in [1.165, 1.54) is 6.07 Å². The van der Waals surface area contributed by atoms with E-state index in [1.807, 2.05) is 13.0 Å². The summed E-state index contributed by atoms with van der Waals surface area (Å²) >= 11 is 0. The molecule has 0 saturated carbocycles. The second-order valence-electron chi connectivity index (χ2n) is 4.49. The second kappa shape index (κ2) is 4.88. The van der Waals surface area contributed by atoms with E-state index >= 15 is 0 Å². The van der Waals surface area contributed by atoms with Crippen LogP contribution in [-0.4, -0.2) is 6.54 Å². The molecular formula is C14H18FNO. The highest BCUT2D eigenvalue weighted by Gasteiger charge is 2.18. The number of rotatable bonds is 4. The van der Waals surface area contributed by atoms with Crippen LogP contribution in [0, 0.1) is 5.82 Å². The van der Waals surface area contributed by atoms with Crippen LogP contribution in [0.3, 0.4) is 0 Å². The largest absolute Gasteiger partial charge is 0.456 e. The number of hydrogen-bond acceptors (Lipinski definition) is 2. The molecule has 0 fully saturated rings. The molecule has 0 aliphatic heterocycles. The van der Waals surface area contributed by atoms with Crippen molar-refractivity contribution in [3.63, 3.8) is 0 Å². The van der Waals surface area contributed by atoms with Gasteiger partial charge in [0.1, 0.15) is 5.76 Å². The number of halogens is 1. The average molecular weight is 235 g/mol. The van der Waals surface area contributed by atoms with E-state index in [0.29, 0.717) is 18.0 Å². The van der Waals surface area contributed by atoms with Crippen LogP contribution in [0.15, 0.2) is 22.6 Å². The highest BCUT2D eigenvalue weighted by Crippen LogP contribution is 2.33. The minimum absolute atomic E-state index is 0.285. The summed E-state index contributed by atoms with van der Waals surface area (Å²) in [5, 5.41) is 4.12. The summed E-state index contributed by atoms with van der Waals surface area (Å²) in [6.45, 7) is 7.77. The molecule has 3 heteroatoms. The summed E-state index contributed by atoms with van der Waals surface area (Å²) in [5.74, 6) is 0.890. The molecular weight excluding hydrogens is 217 g/mol. The molecule has 0 unspecified atom stereocenters. The van der Waals surface area contributed by atoms with Crippen LogP contribution in [-0.2, 0) is 6.54 Å². The number of fused-ring (bicyclic) bond motifs is 1. The third kappa shape index (κ3) is 2.20. The minimum atomic E-state index is -0.285. The predicted octanol–water partition coefficient (Wildman–Crippen LogP) is 3.80. The van der Waals surface area contributed by atoms with Gasteiger partial charge in [0.2, 0.25) is 0 Å². The van der Waals surface area contributed by atoms with Gasteiger partial charge in [-0.25, -0.2) is 4.39 Å². The Balaban J connectivity index is 2.58. The van der Waals surface area contributed by atoms with E-state index in [4.69, 9.17) is 4.42 Å². The van der Waals surface area contributed by atoms with Crippen molar-refractivity contribution < 1.29 is 8.81 Å². The lowest BCUT2D eigenvalue weighted by Gasteiger charge is -2.06. The molecule has 1 N–H and O–H groups in total. The van der Waals surface area contributed by atoms with Crippen molar-refractivity contribution in [3.8, 4) is 0 Å². The highest BCUT2D eigenvalue weighted by molar-refractivity contribution is 5.83. The summed E-state index contributed by atoms with van der Waals surface area (Å²) in [7, 11) is 0. The molecule has 0 radical (unpaired) electrons. The van der Waals surface area contributed by atoms with E-state index in [0.717, 1.165) is 23.3 Å². The number of para-hydroxylation sites is 1. The first kappa shape index (κ1) is 12.1. The maximum absolute atomic E-state index is 13.7. The normalized spacial score (nSPS) is 11.6. The number of hydrogen-bond donors (Lipinski definition) is 1. The predicted molar refractivity (Wildman–Crippen MR) is 67.6 cm³/mol.